The number of hydrogen-bond donors (Lipinski definition) is 0. The van der Waals surface area contributed by atoms with Gasteiger partial charge in [0.05, 0.1) is 5.02 Å². The molecule has 0 aliphatic rings. The van der Waals surface area contributed by atoms with Crippen molar-refractivity contribution in [3.63, 3.8) is 0 Å². The van der Waals surface area contributed by atoms with Crippen LogP contribution in [0.4, 0.5) is 0 Å². The Morgan fingerprint density at radius 2 is 2.06 bits per heavy atom. The van der Waals surface area contributed by atoms with Crippen LogP contribution in [0.15, 0.2) is 16.6 Å². The van der Waals surface area contributed by atoms with Gasteiger partial charge in [0.1, 0.15) is 5.01 Å². The second kappa shape index (κ2) is 4.45. The normalized spacial score (nSPS) is 11.3. The van der Waals surface area contributed by atoms with Crippen molar-refractivity contribution in [3.05, 3.63) is 32.5 Å². The fraction of sp³-hybridized carbons (Fsp3) is 0.100. The largest absolute Gasteiger partial charge is 0.234 e. The predicted octanol–water partition coefficient (Wildman–Crippen LogP) is 4.23. The topological polar surface area (TPSA) is 43.1 Å². The van der Waals surface area contributed by atoms with Crippen LogP contribution in [0.25, 0.3) is 15.5 Å². The van der Waals surface area contributed by atoms with Crippen molar-refractivity contribution in [2.24, 2.45) is 0 Å². The molecule has 4 nitrogen and oxygen atoms in total. The van der Waals surface area contributed by atoms with Crippen LogP contribution in [-0.4, -0.2) is 19.8 Å². The minimum atomic E-state index is 0.556. The number of rotatable bonds is 1. The maximum atomic E-state index is 6.08. The third kappa shape index (κ3) is 1.93. The third-order valence-electron chi connectivity index (χ3n) is 2.37. The van der Waals surface area contributed by atoms with Gasteiger partial charge in [0.25, 0.3) is 0 Å². The van der Waals surface area contributed by atoms with Crippen LogP contribution >= 0.6 is 50.5 Å². The summed E-state index contributed by atoms with van der Waals surface area (Å²) in [5.41, 5.74) is 0.849. The van der Waals surface area contributed by atoms with Crippen LogP contribution in [0.1, 0.15) is 5.82 Å². The van der Waals surface area contributed by atoms with E-state index in [1.54, 1.807) is 10.6 Å². The number of nitrogens with zero attached hydrogens (tertiary/aromatic N) is 4. The molecule has 2 heterocycles. The second-order valence-corrected chi connectivity index (χ2v) is 6.19. The van der Waals surface area contributed by atoms with Gasteiger partial charge in [-0.2, -0.15) is 9.61 Å². The van der Waals surface area contributed by atoms with Crippen LogP contribution in [0, 0.1) is 6.92 Å². The summed E-state index contributed by atoms with van der Waals surface area (Å²) in [6.45, 7) is 1.85. The molecule has 92 valence electrons. The van der Waals surface area contributed by atoms with E-state index in [-0.39, 0.29) is 0 Å². The van der Waals surface area contributed by atoms with E-state index < -0.39 is 0 Å². The van der Waals surface area contributed by atoms with Crippen molar-refractivity contribution in [2.45, 2.75) is 6.92 Å². The molecule has 0 N–H and O–H groups in total. The lowest BCUT2D eigenvalue weighted by Crippen LogP contribution is -1.89. The average molecular weight is 364 g/mol. The monoisotopic (exact) mass is 362 g/mol. The molecule has 0 amide bonds. The van der Waals surface area contributed by atoms with Crippen molar-refractivity contribution in [1.29, 1.82) is 0 Å². The summed E-state index contributed by atoms with van der Waals surface area (Å²) in [5, 5.41) is 14.3. The van der Waals surface area contributed by atoms with Gasteiger partial charge in [-0.1, -0.05) is 34.5 Å². The van der Waals surface area contributed by atoms with Crippen molar-refractivity contribution >= 4 is 55.4 Å². The van der Waals surface area contributed by atoms with E-state index in [0.717, 1.165) is 25.8 Å². The Bertz CT molecular complexity index is 752. The minimum Gasteiger partial charge on any atom is -0.187 e. The molecular weight excluding hydrogens is 359 g/mol. The minimum absolute atomic E-state index is 0.556. The van der Waals surface area contributed by atoms with Gasteiger partial charge in [-0.25, -0.2) is 0 Å². The predicted molar refractivity (Wildman–Crippen MR) is 76.6 cm³/mol. The number of aryl methyl sites for hydroxylation is 1. The first-order chi connectivity index (χ1) is 8.56. The third-order valence-corrected chi connectivity index (χ3v) is 4.90. The smallest absolute Gasteiger partial charge is 0.187 e. The summed E-state index contributed by atoms with van der Waals surface area (Å²) in [6, 6.07) is 3.50. The zero-order chi connectivity index (χ0) is 12.9. The molecule has 0 fully saturated rings. The van der Waals surface area contributed by atoms with Crippen LogP contribution in [0.3, 0.4) is 0 Å². The lowest BCUT2D eigenvalue weighted by atomic mass is 10.2. The number of hydrogen-bond acceptors (Lipinski definition) is 4. The molecule has 0 saturated heterocycles. The molecule has 0 bridgehead atoms. The zero-order valence-corrected chi connectivity index (χ0v) is 12.9. The maximum Gasteiger partial charge on any atom is 0.234 e. The molecular formula is C10H5BrCl2N4S. The van der Waals surface area contributed by atoms with E-state index in [4.69, 9.17) is 23.2 Å². The Kier molecular flexibility index (Phi) is 3.05. The highest BCUT2D eigenvalue weighted by molar-refractivity contribution is 9.10. The van der Waals surface area contributed by atoms with E-state index in [1.807, 2.05) is 13.0 Å². The van der Waals surface area contributed by atoms with Crippen LogP contribution in [0.5, 0.6) is 0 Å². The SMILES string of the molecule is Cc1nnc2sc(-c3cc(Cl)cc(Cl)c3Br)nn12. The zero-order valence-electron chi connectivity index (χ0n) is 8.99. The first kappa shape index (κ1) is 12.3. The van der Waals surface area contributed by atoms with E-state index >= 15 is 0 Å². The van der Waals surface area contributed by atoms with E-state index in [0.29, 0.717) is 10.0 Å². The van der Waals surface area contributed by atoms with E-state index in [9.17, 15) is 0 Å². The molecule has 18 heavy (non-hydrogen) atoms. The highest BCUT2D eigenvalue weighted by Gasteiger charge is 2.15. The van der Waals surface area contributed by atoms with Gasteiger partial charge < -0.3 is 0 Å². The Labute approximate surface area is 125 Å². The standard InChI is InChI=1S/C10H5BrCl2N4S/c1-4-14-15-10-17(4)16-9(18-10)6-2-5(12)3-7(13)8(6)11/h2-3H,1H3. The molecule has 8 heteroatoms. The number of benzene rings is 1. The molecule has 0 atom stereocenters. The molecule has 0 aliphatic carbocycles. The van der Waals surface area contributed by atoms with Gasteiger partial charge in [0, 0.05) is 15.1 Å². The van der Waals surface area contributed by atoms with Crippen LogP contribution in [0.2, 0.25) is 10.0 Å². The van der Waals surface area contributed by atoms with Gasteiger partial charge in [0.2, 0.25) is 4.96 Å². The van der Waals surface area contributed by atoms with Crippen LogP contribution < -0.4 is 0 Å². The quantitative estimate of drug-likeness (QED) is 0.607. The molecule has 0 unspecified atom stereocenters. The fourth-order valence-corrected chi connectivity index (χ4v) is 3.48. The van der Waals surface area contributed by atoms with Crippen molar-refractivity contribution in [3.8, 4) is 10.6 Å². The second-order valence-electron chi connectivity index (χ2n) is 3.60. The van der Waals surface area contributed by atoms with E-state index in [1.165, 1.54) is 11.3 Å². The number of fused-ring (bicyclic) bond motifs is 1. The summed E-state index contributed by atoms with van der Waals surface area (Å²) in [4.78, 5) is 0.741. The molecule has 1 aromatic carbocycles. The molecule has 2 aromatic heterocycles. The average Bonchev–Trinajstić information content (AvgIpc) is 2.86. The van der Waals surface area contributed by atoms with Gasteiger partial charge in [-0.15, -0.1) is 10.2 Å². The Hall–Kier alpha value is -0.690. The highest BCUT2D eigenvalue weighted by atomic mass is 79.9. The Morgan fingerprint density at radius 1 is 1.28 bits per heavy atom. The van der Waals surface area contributed by atoms with Crippen molar-refractivity contribution < 1.29 is 0 Å². The molecule has 3 aromatic rings. The molecule has 3 rings (SSSR count). The van der Waals surface area contributed by atoms with Gasteiger partial charge in [0.15, 0.2) is 5.82 Å². The van der Waals surface area contributed by atoms with Gasteiger partial charge in [-0.05, 0) is 35.0 Å². The fourth-order valence-electron chi connectivity index (χ4n) is 1.54. The highest BCUT2D eigenvalue weighted by Crippen LogP contribution is 2.38. The molecule has 0 spiro atoms. The first-order valence-electron chi connectivity index (χ1n) is 4.90. The van der Waals surface area contributed by atoms with Crippen molar-refractivity contribution in [1.82, 2.24) is 19.8 Å². The van der Waals surface area contributed by atoms with Crippen molar-refractivity contribution in [2.75, 3.05) is 0 Å². The summed E-state index contributed by atoms with van der Waals surface area (Å²) in [6.07, 6.45) is 0. The van der Waals surface area contributed by atoms with E-state index in [2.05, 4.69) is 31.2 Å². The lowest BCUT2D eigenvalue weighted by molar-refractivity contribution is 0.897. The summed E-state index contributed by atoms with van der Waals surface area (Å²) < 4.78 is 2.47. The lowest BCUT2D eigenvalue weighted by Gasteiger charge is -2.03. The Balaban J connectivity index is 2.25. The van der Waals surface area contributed by atoms with Gasteiger partial charge >= 0.3 is 0 Å². The summed E-state index contributed by atoms with van der Waals surface area (Å²) in [7, 11) is 0. The Morgan fingerprint density at radius 3 is 2.78 bits per heavy atom. The van der Waals surface area contributed by atoms with Crippen LogP contribution in [-0.2, 0) is 0 Å². The number of halogens is 3. The summed E-state index contributed by atoms with van der Waals surface area (Å²) in [5.74, 6) is 0.747. The molecule has 0 saturated carbocycles. The summed E-state index contributed by atoms with van der Waals surface area (Å²) >= 11 is 17.0. The maximum absolute atomic E-state index is 6.08. The molecule has 0 radical (unpaired) electrons. The van der Waals surface area contributed by atoms with Gasteiger partial charge in [-0.3, -0.25) is 0 Å². The first-order valence-corrected chi connectivity index (χ1v) is 7.26. The molecule has 0 aliphatic heterocycles. The number of aromatic nitrogens is 4.